The second-order valence-electron chi connectivity index (χ2n) is 6.04. The molecule has 0 saturated carbocycles. The Bertz CT molecular complexity index is 882. The molecule has 1 heterocycles. The van der Waals surface area contributed by atoms with Gasteiger partial charge in [-0.1, -0.05) is 43.3 Å². The number of rotatable bonds is 6. The molecule has 0 radical (unpaired) electrons. The van der Waals surface area contributed by atoms with Crippen LogP contribution in [0.3, 0.4) is 0 Å². The van der Waals surface area contributed by atoms with Crippen LogP contribution in [-0.2, 0) is 10.3 Å². The zero-order chi connectivity index (χ0) is 19.4. The van der Waals surface area contributed by atoms with Gasteiger partial charge in [-0.25, -0.2) is 4.79 Å². The number of hydrogen-bond acceptors (Lipinski definition) is 5. The first-order chi connectivity index (χ1) is 13.0. The first-order valence-corrected chi connectivity index (χ1v) is 8.74. The van der Waals surface area contributed by atoms with Crippen molar-refractivity contribution in [1.82, 2.24) is 10.3 Å². The lowest BCUT2D eigenvalue weighted by molar-refractivity contribution is -0.131. The third kappa shape index (κ3) is 3.23. The lowest BCUT2D eigenvalue weighted by Gasteiger charge is -2.24. The Kier molecular flexibility index (Phi) is 5.12. The van der Waals surface area contributed by atoms with Gasteiger partial charge in [0.15, 0.2) is 11.5 Å². The number of phenolic OH excluding ortho intramolecular Hbond substituents is 1. The first-order valence-electron chi connectivity index (χ1n) is 8.74. The molecule has 1 fully saturated rings. The van der Waals surface area contributed by atoms with Crippen molar-refractivity contribution in [1.29, 1.82) is 0 Å². The molecule has 3 amide bonds. The average molecular weight is 367 g/mol. The van der Waals surface area contributed by atoms with Crippen molar-refractivity contribution < 1.29 is 19.4 Å². The number of hydrogen-bond donors (Lipinski definition) is 2. The zero-order valence-corrected chi connectivity index (χ0v) is 15.2. The largest absolute Gasteiger partial charge is 0.504 e. The second kappa shape index (κ2) is 7.49. The van der Waals surface area contributed by atoms with Crippen molar-refractivity contribution in [3.05, 3.63) is 59.7 Å². The summed E-state index contributed by atoms with van der Waals surface area (Å²) in [7, 11) is 0. The summed E-state index contributed by atoms with van der Waals surface area (Å²) >= 11 is 0. The van der Waals surface area contributed by atoms with E-state index in [9.17, 15) is 14.7 Å². The molecule has 2 N–H and O–H groups in total. The fourth-order valence-corrected chi connectivity index (χ4v) is 3.06. The number of benzene rings is 2. The summed E-state index contributed by atoms with van der Waals surface area (Å²) < 4.78 is 5.33. The maximum absolute atomic E-state index is 13.0. The van der Waals surface area contributed by atoms with Crippen LogP contribution in [0, 0.1) is 0 Å². The van der Waals surface area contributed by atoms with Crippen LogP contribution >= 0.6 is 0 Å². The van der Waals surface area contributed by atoms with Gasteiger partial charge in [0.2, 0.25) is 0 Å². The van der Waals surface area contributed by atoms with Gasteiger partial charge in [-0.05, 0) is 31.0 Å². The van der Waals surface area contributed by atoms with E-state index in [0.29, 0.717) is 29.9 Å². The fourth-order valence-electron chi connectivity index (χ4n) is 3.06. The molecule has 140 valence electrons. The van der Waals surface area contributed by atoms with Gasteiger partial charge in [-0.2, -0.15) is 5.10 Å². The number of aromatic hydroxyl groups is 1. The van der Waals surface area contributed by atoms with Crippen LogP contribution in [0.5, 0.6) is 11.5 Å². The van der Waals surface area contributed by atoms with Crippen LogP contribution in [-0.4, -0.2) is 34.9 Å². The number of nitrogens with one attached hydrogen (secondary N) is 1. The summed E-state index contributed by atoms with van der Waals surface area (Å²) in [5.74, 6) is -0.247. The molecule has 2 aromatic rings. The van der Waals surface area contributed by atoms with Gasteiger partial charge in [0.05, 0.1) is 12.8 Å². The Morgan fingerprint density at radius 2 is 1.89 bits per heavy atom. The van der Waals surface area contributed by atoms with Crippen LogP contribution < -0.4 is 10.1 Å². The van der Waals surface area contributed by atoms with Crippen LogP contribution in [0.4, 0.5) is 4.79 Å². The Morgan fingerprint density at radius 1 is 1.15 bits per heavy atom. The lowest BCUT2D eigenvalue weighted by Crippen LogP contribution is -2.43. The summed E-state index contributed by atoms with van der Waals surface area (Å²) in [4.78, 5) is 25.4. The van der Waals surface area contributed by atoms with E-state index in [1.54, 1.807) is 37.3 Å². The van der Waals surface area contributed by atoms with Gasteiger partial charge >= 0.3 is 6.03 Å². The minimum Gasteiger partial charge on any atom is -0.504 e. The van der Waals surface area contributed by atoms with E-state index in [1.807, 2.05) is 25.1 Å². The molecule has 0 aliphatic carbocycles. The minimum absolute atomic E-state index is 0.0973. The van der Waals surface area contributed by atoms with Gasteiger partial charge in [-0.3, -0.25) is 4.79 Å². The summed E-state index contributed by atoms with van der Waals surface area (Å²) in [6.07, 6.45) is 1.66. The van der Waals surface area contributed by atoms with Crippen LogP contribution in [0.1, 0.15) is 31.4 Å². The van der Waals surface area contributed by atoms with Crippen LogP contribution in [0.25, 0.3) is 0 Å². The van der Waals surface area contributed by atoms with E-state index in [4.69, 9.17) is 4.74 Å². The van der Waals surface area contributed by atoms with Crippen molar-refractivity contribution in [3.63, 3.8) is 0 Å². The number of carbonyl (C=O) groups is 2. The molecule has 0 spiro atoms. The number of urea groups is 1. The molecule has 2 aromatic carbocycles. The number of hydrazone groups is 1. The van der Waals surface area contributed by atoms with E-state index in [1.165, 1.54) is 6.21 Å². The van der Waals surface area contributed by atoms with Gasteiger partial charge in [0.25, 0.3) is 5.91 Å². The molecular weight excluding hydrogens is 346 g/mol. The fraction of sp³-hybridized carbons (Fsp3) is 0.250. The molecule has 0 aromatic heterocycles. The molecule has 0 bridgehead atoms. The molecule has 1 atom stereocenters. The molecule has 1 aliphatic heterocycles. The zero-order valence-electron chi connectivity index (χ0n) is 15.2. The Hall–Kier alpha value is -3.35. The van der Waals surface area contributed by atoms with Gasteiger partial charge < -0.3 is 15.2 Å². The van der Waals surface area contributed by atoms with E-state index in [2.05, 4.69) is 10.4 Å². The normalized spacial score (nSPS) is 19.6. The molecule has 27 heavy (non-hydrogen) atoms. The Balaban J connectivity index is 1.90. The number of phenols is 1. The highest BCUT2D eigenvalue weighted by atomic mass is 16.5. The predicted octanol–water partition coefficient (Wildman–Crippen LogP) is 2.98. The van der Waals surface area contributed by atoms with Gasteiger partial charge in [0, 0.05) is 5.56 Å². The number of imide groups is 1. The third-order valence-electron chi connectivity index (χ3n) is 4.51. The minimum atomic E-state index is -1.15. The number of nitrogens with zero attached hydrogens (tertiary/aromatic N) is 2. The summed E-state index contributed by atoms with van der Waals surface area (Å²) in [5, 5.41) is 17.8. The van der Waals surface area contributed by atoms with Crippen molar-refractivity contribution in [2.45, 2.75) is 25.8 Å². The SMILES string of the molecule is CCOc1cccc(/C=N/N2C(=O)N[C@](CC)(c3ccccc3)C2=O)c1O. The molecule has 1 saturated heterocycles. The maximum atomic E-state index is 13.0. The Morgan fingerprint density at radius 3 is 2.56 bits per heavy atom. The molecular formula is C20H21N3O4. The number of para-hydroxylation sites is 1. The quantitative estimate of drug-likeness (QED) is 0.606. The smallest absolute Gasteiger partial charge is 0.346 e. The molecule has 0 unspecified atom stereocenters. The topological polar surface area (TPSA) is 91.2 Å². The average Bonchev–Trinajstić information content (AvgIpc) is 2.94. The standard InChI is InChI=1S/C20H21N3O4/c1-3-20(15-10-6-5-7-11-15)18(25)23(19(26)22-20)21-13-14-9-8-12-16(17(14)24)27-4-2/h5-13,24H,3-4H2,1-2H3,(H,22,26)/b21-13+/t20-/m1/s1. The van der Waals surface area contributed by atoms with Crippen LogP contribution in [0.15, 0.2) is 53.6 Å². The van der Waals surface area contributed by atoms with E-state index in [-0.39, 0.29) is 5.75 Å². The third-order valence-corrected chi connectivity index (χ3v) is 4.51. The first kappa shape index (κ1) is 18.4. The number of carbonyl (C=O) groups excluding carboxylic acids is 2. The van der Waals surface area contributed by atoms with Gasteiger partial charge in [-0.15, -0.1) is 5.01 Å². The van der Waals surface area contributed by atoms with E-state index >= 15 is 0 Å². The summed E-state index contributed by atoms with van der Waals surface area (Å²) in [5.41, 5.74) is -0.106. The monoisotopic (exact) mass is 367 g/mol. The summed E-state index contributed by atoms with van der Waals surface area (Å²) in [6, 6.07) is 13.4. The van der Waals surface area contributed by atoms with Gasteiger partial charge in [0.1, 0.15) is 5.54 Å². The maximum Gasteiger partial charge on any atom is 0.346 e. The van der Waals surface area contributed by atoms with Crippen molar-refractivity contribution >= 4 is 18.2 Å². The highest BCUT2D eigenvalue weighted by molar-refractivity contribution is 6.07. The van der Waals surface area contributed by atoms with Crippen molar-refractivity contribution in [2.24, 2.45) is 5.10 Å². The van der Waals surface area contributed by atoms with Crippen LogP contribution in [0.2, 0.25) is 0 Å². The highest BCUT2D eigenvalue weighted by Gasteiger charge is 2.51. The van der Waals surface area contributed by atoms with Crippen molar-refractivity contribution in [2.75, 3.05) is 6.61 Å². The predicted molar refractivity (Wildman–Crippen MR) is 101 cm³/mol. The molecule has 3 rings (SSSR count). The lowest BCUT2D eigenvalue weighted by atomic mass is 9.87. The van der Waals surface area contributed by atoms with Crippen molar-refractivity contribution in [3.8, 4) is 11.5 Å². The Labute approximate surface area is 157 Å². The summed E-state index contributed by atoms with van der Waals surface area (Å²) in [6.45, 7) is 4.04. The molecule has 7 nitrogen and oxygen atoms in total. The van der Waals surface area contributed by atoms with E-state index < -0.39 is 17.5 Å². The molecule has 1 aliphatic rings. The second-order valence-corrected chi connectivity index (χ2v) is 6.04. The van der Waals surface area contributed by atoms with E-state index in [0.717, 1.165) is 5.01 Å². The number of amides is 3. The number of ether oxygens (including phenoxy) is 1. The molecule has 7 heteroatoms. The highest BCUT2D eigenvalue weighted by Crippen LogP contribution is 2.33.